The Labute approximate surface area is 143 Å². The highest BCUT2D eigenvalue weighted by atomic mass is 16.3. The van der Waals surface area contributed by atoms with Crippen LogP contribution < -0.4 is 5.43 Å². The number of para-hydroxylation sites is 1. The fourth-order valence-electron chi connectivity index (χ4n) is 3.32. The average Bonchev–Trinajstić information content (AvgIpc) is 2.68. The smallest absolute Gasteiger partial charge is 0.200 e. The fraction of sp³-hybridized carbons (Fsp3) is 0. The zero-order valence-electron chi connectivity index (χ0n) is 13.3. The summed E-state index contributed by atoms with van der Waals surface area (Å²) in [6, 6.07) is 21.2. The van der Waals surface area contributed by atoms with Gasteiger partial charge in [-0.3, -0.25) is 9.78 Å². The minimum atomic E-state index is -0.00750. The Morgan fingerprint density at radius 2 is 1.48 bits per heavy atom. The van der Waals surface area contributed by atoms with Gasteiger partial charge in [-0.15, -0.1) is 0 Å². The molecule has 0 aliphatic heterocycles. The molecule has 0 amide bonds. The van der Waals surface area contributed by atoms with Gasteiger partial charge in [0, 0.05) is 23.3 Å². The quantitative estimate of drug-likeness (QED) is 0.400. The van der Waals surface area contributed by atoms with E-state index in [1.54, 1.807) is 6.07 Å². The van der Waals surface area contributed by atoms with Crippen LogP contribution in [0.4, 0.5) is 0 Å². The molecule has 0 radical (unpaired) electrons. The highest BCUT2D eigenvalue weighted by molar-refractivity contribution is 5.98. The van der Waals surface area contributed by atoms with E-state index in [4.69, 9.17) is 4.42 Å². The minimum Gasteiger partial charge on any atom is -0.456 e. The Morgan fingerprint density at radius 3 is 2.40 bits per heavy atom. The van der Waals surface area contributed by atoms with Crippen LogP contribution in [0, 0.1) is 0 Å². The summed E-state index contributed by atoms with van der Waals surface area (Å²) in [5.74, 6) is 0. The number of pyridine rings is 1. The molecule has 0 aliphatic carbocycles. The average molecular weight is 323 g/mol. The third-order valence-corrected chi connectivity index (χ3v) is 4.56. The van der Waals surface area contributed by atoms with Gasteiger partial charge >= 0.3 is 0 Å². The summed E-state index contributed by atoms with van der Waals surface area (Å²) < 4.78 is 5.89. The standard InChI is InChI=1S/C22H13NO2/c24-22-17-7-3-4-8-20(17)25-21-10-9-14(11-18(21)22)19-13-23-12-15-5-1-2-6-16(15)19/h1-13H. The first-order chi connectivity index (χ1) is 12.3. The maximum Gasteiger partial charge on any atom is 0.200 e. The van der Waals surface area contributed by atoms with Crippen molar-refractivity contribution in [2.24, 2.45) is 0 Å². The van der Waals surface area contributed by atoms with Gasteiger partial charge in [-0.2, -0.15) is 0 Å². The summed E-state index contributed by atoms with van der Waals surface area (Å²) in [6.07, 6.45) is 3.69. The molecule has 3 nitrogen and oxygen atoms in total. The number of benzene rings is 3. The van der Waals surface area contributed by atoms with Gasteiger partial charge < -0.3 is 4.42 Å². The van der Waals surface area contributed by atoms with E-state index < -0.39 is 0 Å². The predicted molar refractivity (Wildman–Crippen MR) is 101 cm³/mol. The van der Waals surface area contributed by atoms with Gasteiger partial charge in [0.15, 0.2) is 0 Å². The highest BCUT2D eigenvalue weighted by Gasteiger charge is 2.10. The van der Waals surface area contributed by atoms with E-state index in [0.29, 0.717) is 21.9 Å². The van der Waals surface area contributed by atoms with E-state index in [2.05, 4.69) is 11.1 Å². The van der Waals surface area contributed by atoms with E-state index in [1.165, 1.54) is 0 Å². The number of hydrogen-bond donors (Lipinski definition) is 0. The van der Waals surface area contributed by atoms with Crippen molar-refractivity contribution in [1.82, 2.24) is 4.98 Å². The van der Waals surface area contributed by atoms with Crippen LogP contribution in [0.2, 0.25) is 0 Å². The molecular weight excluding hydrogens is 310 g/mol. The topological polar surface area (TPSA) is 43.1 Å². The molecule has 0 fully saturated rings. The summed E-state index contributed by atoms with van der Waals surface area (Å²) in [6.45, 7) is 0. The zero-order chi connectivity index (χ0) is 16.8. The van der Waals surface area contributed by atoms with Crippen LogP contribution in [0.1, 0.15) is 0 Å². The molecule has 2 aromatic heterocycles. The molecule has 25 heavy (non-hydrogen) atoms. The molecular formula is C22H13NO2. The lowest BCUT2D eigenvalue weighted by atomic mass is 9.99. The summed E-state index contributed by atoms with van der Waals surface area (Å²) >= 11 is 0. The van der Waals surface area contributed by atoms with Gasteiger partial charge in [-0.25, -0.2) is 0 Å². The maximum atomic E-state index is 12.9. The van der Waals surface area contributed by atoms with Gasteiger partial charge in [0.2, 0.25) is 5.43 Å². The lowest BCUT2D eigenvalue weighted by molar-refractivity contribution is 0.660. The molecule has 0 bridgehead atoms. The van der Waals surface area contributed by atoms with E-state index in [0.717, 1.165) is 21.9 Å². The normalized spacial score (nSPS) is 11.4. The van der Waals surface area contributed by atoms with E-state index in [1.807, 2.05) is 67.0 Å². The molecule has 3 heteroatoms. The van der Waals surface area contributed by atoms with Crippen molar-refractivity contribution in [2.75, 3.05) is 0 Å². The lowest BCUT2D eigenvalue weighted by Crippen LogP contribution is -2.02. The van der Waals surface area contributed by atoms with Gasteiger partial charge in [0.1, 0.15) is 11.2 Å². The first-order valence-electron chi connectivity index (χ1n) is 8.10. The van der Waals surface area contributed by atoms with Crippen LogP contribution in [0.25, 0.3) is 43.8 Å². The highest BCUT2D eigenvalue weighted by Crippen LogP contribution is 2.30. The second-order valence-corrected chi connectivity index (χ2v) is 6.05. The predicted octanol–water partition coefficient (Wildman–Crippen LogP) is 5.16. The second kappa shape index (κ2) is 5.28. The molecule has 0 saturated carbocycles. The molecule has 5 aromatic rings. The van der Waals surface area contributed by atoms with E-state index >= 15 is 0 Å². The van der Waals surface area contributed by atoms with Crippen molar-refractivity contribution in [2.45, 2.75) is 0 Å². The molecule has 0 saturated heterocycles. The van der Waals surface area contributed by atoms with Gasteiger partial charge in [0.05, 0.1) is 10.8 Å². The summed E-state index contributed by atoms with van der Waals surface area (Å²) in [5.41, 5.74) is 3.17. The number of aromatic nitrogens is 1. The van der Waals surface area contributed by atoms with Crippen LogP contribution in [-0.2, 0) is 0 Å². The first-order valence-corrected chi connectivity index (χ1v) is 8.10. The van der Waals surface area contributed by atoms with Crippen molar-refractivity contribution < 1.29 is 4.42 Å². The summed E-state index contributed by atoms with van der Waals surface area (Å²) in [7, 11) is 0. The van der Waals surface area contributed by atoms with Crippen molar-refractivity contribution in [1.29, 1.82) is 0 Å². The summed E-state index contributed by atoms with van der Waals surface area (Å²) in [5, 5.41) is 3.37. The molecule has 3 aromatic carbocycles. The van der Waals surface area contributed by atoms with Crippen molar-refractivity contribution in [3.63, 3.8) is 0 Å². The SMILES string of the molecule is O=c1c2ccccc2oc2ccc(-c3cncc4ccccc34)cc12. The molecule has 118 valence electrons. The molecule has 0 N–H and O–H groups in total. The minimum absolute atomic E-state index is 0.00750. The largest absolute Gasteiger partial charge is 0.456 e. The molecule has 5 rings (SSSR count). The van der Waals surface area contributed by atoms with Gasteiger partial charge in [0.25, 0.3) is 0 Å². The Bertz CT molecular complexity index is 1310. The second-order valence-electron chi connectivity index (χ2n) is 6.05. The van der Waals surface area contributed by atoms with Crippen molar-refractivity contribution in [3.8, 4) is 11.1 Å². The van der Waals surface area contributed by atoms with E-state index in [-0.39, 0.29) is 5.43 Å². The Balaban J connectivity index is 1.84. The molecule has 0 aliphatic rings. The van der Waals surface area contributed by atoms with Crippen molar-refractivity contribution >= 4 is 32.7 Å². The van der Waals surface area contributed by atoms with Crippen LogP contribution in [0.3, 0.4) is 0 Å². The van der Waals surface area contributed by atoms with Crippen molar-refractivity contribution in [3.05, 3.63) is 89.3 Å². The molecule has 0 spiro atoms. The van der Waals surface area contributed by atoms with Gasteiger partial charge in [-0.05, 0) is 35.2 Å². The maximum absolute atomic E-state index is 12.9. The number of hydrogen-bond acceptors (Lipinski definition) is 3. The van der Waals surface area contributed by atoms with Crippen LogP contribution in [0.15, 0.2) is 88.3 Å². The molecule has 0 unspecified atom stereocenters. The van der Waals surface area contributed by atoms with Crippen LogP contribution >= 0.6 is 0 Å². The third kappa shape index (κ3) is 2.13. The van der Waals surface area contributed by atoms with E-state index in [9.17, 15) is 4.79 Å². The monoisotopic (exact) mass is 323 g/mol. The Morgan fingerprint density at radius 1 is 0.720 bits per heavy atom. The Hall–Kier alpha value is -3.46. The number of fused-ring (bicyclic) bond motifs is 3. The first kappa shape index (κ1) is 13.9. The van der Waals surface area contributed by atoms with Crippen LogP contribution in [-0.4, -0.2) is 4.98 Å². The molecule has 0 atom stereocenters. The molecule has 2 heterocycles. The third-order valence-electron chi connectivity index (χ3n) is 4.56. The lowest BCUT2D eigenvalue weighted by Gasteiger charge is -2.08. The zero-order valence-corrected chi connectivity index (χ0v) is 13.3. The van der Waals surface area contributed by atoms with Crippen LogP contribution in [0.5, 0.6) is 0 Å². The van der Waals surface area contributed by atoms with Gasteiger partial charge in [-0.1, -0.05) is 42.5 Å². The Kier molecular flexibility index (Phi) is 2.94. The number of nitrogens with zero attached hydrogens (tertiary/aromatic N) is 1. The number of rotatable bonds is 1. The fourth-order valence-corrected chi connectivity index (χ4v) is 3.32. The summed E-state index contributed by atoms with van der Waals surface area (Å²) in [4.78, 5) is 17.2.